The van der Waals surface area contributed by atoms with E-state index in [0.717, 1.165) is 41.7 Å². The standard InChI is InChI=1S/C22H31N3O4S3/c1-4-15-32(27,28)25-11-7-17(8-12-25)18-5-6-20-21(16-18)30-22(23-20)29-19-9-13-24(14-10-19)31(2,3)26/h5-7,16,19H,2,4,8-15H2,1,3H3. The second-order valence-corrected chi connectivity index (χ2v) is 14.0. The van der Waals surface area contributed by atoms with E-state index in [1.54, 1.807) is 10.6 Å². The third kappa shape index (κ3) is 5.36. The summed E-state index contributed by atoms with van der Waals surface area (Å²) in [6.07, 6.45) is 6.75. The van der Waals surface area contributed by atoms with Gasteiger partial charge in [-0.25, -0.2) is 17.7 Å². The first-order valence-electron chi connectivity index (χ1n) is 11.0. The number of hydrogen-bond donors (Lipinski definition) is 0. The molecule has 1 saturated heterocycles. The summed E-state index contributed by atoms with van der Waals surface area (Å²) < 4.78 is 47.4. The molecule has 2 aliphatic heterocycles. The Morgan fingerprint density at radius 1 is 1.19 bits per heavy atom. The van der Waals surface area contributed by atoms with Crippen molar-refractivity contribution in [2.75, 3.05) is 38.2 Å². The molecule has 0 saturated carbocycles. The van der Waals surface area contributed by atoms with Crippen molar-refractivity contribution in [3.8, 4) is 5.19 Å². The van der Waals surface area contributed by atoms with E-state index >= 15 is 0 Å². The zero-order chi connectivity index (χ0) is 22.9. The van der Waals surface area contributed by atoms with Crippen LogP contribution >= 0.6 is 11.3 Å². The highest BCUT2D eigenvalue weighted by atomic mass is 32.2. The molecule has 0 bridgehead atoms. The molecule has 1 aromatic carbocycles. The van der Waals surface area contributed by atoms with Gasteiger partial charge in [0, 0.05) is 42.1 Å². The van der Waals surface area contributed by atoms with Gasteiger partial charge in [0.25, 0.3) is 5.19 Å². The molecule has 7 nitrogen and oxygen atoms in total. The summed E-state index contributed by atoms with van der Waals surface area (Å²) in [5, 5.41) is 0.664. The molecule has 2 aromatic rings. The van der Waals surface area contributed by atoms with Gasteiger partial charge in [-0.2, -0.15) is 4.31 Å². The van der Waals surface area contributed by atoms with Crippen molar-refractivity contribution in [3.05, 3.63) is 29.8 Å². The number of aromatic nitrogens is 1. The fourth-order valence-electron chi connectivity index (χ4n) is 4.18. The number of rotatable bonds is 7. The van der Waals surface area contributed by atoms with Crippen LogP contribution in [0.1, 0.15) is 38.2 Å². The predicted octanol–water partition coefficient (Wildman–Crippen LogP) is 3.23. The lowest BCUT2D eigenvalue weighted by Gasteiger charge is -2.32. The maximum Gasteiger partial charge on any atom is 0.274 e. The molecule has 1 aromatic heterocycles. The molecule has 0 aliphatic carbocycles. The average molecular weight is 498 g/mol. The van der Waals surface area contributed by atoms with Crippen molar-refractivity contribution in [2.24, 2.45) is 0 Å². The smallest absolute Gasteiger partial charge is 0.274 e. The van der Waals surface area contributed by atoms with Crippen LogP contribution in [0.4, 0.5) is 0 Å². The van der Waals surface area contributed by atoms with Crippen LogP contribution in [0.5, 0.6) is 5.19 Å². The van der Waals surface area contributed by atoms with Gasteiger partial charge in [0.1, 0.15) is 6.10 Å². The molecular formula is C22H31N3O4S3. The van der Waals surface area contributed by atoms with Crippen LogP contribution in [-0.2, 0) is 19.7 Å². The summed E-state index contributed by atoms with van der Waals surface area (Å²) in [6, 6.07) is 6.19. The summed E-state index contributed by atoms with van der Waals surface area (Å²) in [5.74, 6) is 3.97. The number of sulfonamides is 1. The summed E-state index contributed by atoms with van der Waals surface area (Å²) >= 11 is 1.54. The number of ether oxygens (including phenoxy) is 1. The number of nitrogens with zero attached hydrogens (tertiary/aromatic N) is 3. The average Bonchev–Trinajstić information content (AvgIpc) is 3.15. The van der Waals surface area contributed by atoms with Gasteiger partial charge in [0.15, 0.2) is 0 Å². The van der Waals surface area contributed by atoms with Gasteiger partial charge in [-0.1, -0.05) is 30.4 Å². The topological polar surface area (TPSA) is 79.8 Å². The molecule has 2 aliphatic rings. The van der Waals surface area contributed by atoms with Crippen LogP contribution < -0.4 is 4.74 Å². The molecule has 10 heteroatoms. The predicted molar refractivity (Wildman–Crippen MR) is 134 cm³/mol. The van der Waals surface area contributed by atoms with Gasteiger partial charge in [-0.05, 0) is 54.8 Å². The van der Waals surface area contributed by atoms with Crippen LogP contribution in [0.2, 0.25) is 0 Å². The van der Waals surface area contributed by atoms with Gasteiger partial charge < -0.3 is 4.74 Å². The molecule has 1 fully saturated rings. The second kappa shape index (κ2) is 9.42. The maximum atomic E-state index is 12.3. The molecule has 0 radical (unpaired) electrons. The summed E-state index contributed by atoms with van der Waals surface area (Å²) in [7, 11) is -5.30. The maximum absolute atomic E-state index is 12.3. The summed E-state index contributed by atoms with van der Waals surface area (Å²) in [5.41, 5.74) is 3.19. The third-order valence-electron chi connectivity index (χ3n) is 5.98. The van der Waals surface area contributed by atoms with E-state index < -0.39 is 19.7 Å². The molecule has 4 rings (SSSR count). The van der Waals surface area contributed by atoms with Crippen LogP contribution in [0, 0.1) is 0 Å². The van der Waals surface area contributed by atoms with Crippen molar-refractivity contribution in [1.82, 2.24) is 13.6 Å². The van der Waals surface area contributed by atoms with E-state index in [1.165, 1.54) is 16.9 Å². The lowest BCUT2D eigenvalue weighted by atomic mass is 10.0. The van der Waals surface area contributed by atoms with Crippen LogP contribution in [0.3, 0.4) is 0 Å². The first-order valence-corrected chi connectivity index (χ1v) is 15.5. The van der Waals surface area contributed by atoms with Crippen molar-refractivity contribution in [1.29, 1.82) is 0 Å². The van der Waals surface area contributed by atoms with Crippen molar-refractivity contribution in [2.45, 2.75) is 38.7 Å². The van der Waals surface area contributed by atoms with Crippen molar-refractivity contribution in [3.63, 3.8) is 0 Å². The first-order chi connectivity index (χ1) is 15.2. The lowest BCUT2D eigenvalue weighted by molar-refractivity contribution is 0.137. The first kappa shape index (κ1) is 23.7. The van der Waals surface area contributed by atoms with E-state index in [-0.39, 0.29) is 11.9 Å². The third-order valence-corrected chi connectivity index (χ3v) is 10.4. The molecule has 0 N–H and O–H groups in total. The highest BCUT2D eigenvalue weighted by Gasteiger charge is 2.25. The Kier molecular flexibility index (Phi) is 6.97. The van der Waals surface area contributed by atoms with Gasteiger partial charge in [-0.15, -0.1) is 0 Å². The van der Waals surface area contributed by atoms with Gasteiger partial charge >= 0.3 is 0 Å². The molecule has 0 spiro atoms. The summed E-state index contributed by atoms with van der Waals surface area (Å²) in [6.45, 7) is 4.29. The number of fused-ring (bicyclic) bond motifs is 1. The minimum Gasteiger partial charge on any atom is -0.467 e. The molecular weight excluding hydrogens is 466 g/mol. The van der Waals surface area contributed by atoms with Crippen LogP contribution in [0.15, 0.2) is 24.3 Å². The van der Waals surface area contributed by atoms with Gasteiger partial charge in [-0.3, -0.25) is 4.21 Å². The normalized spacial score (nSPS) is 21.4. The number of piperidine rings is 1. The van der Waals surface area contributed by atoms with Crippen molar-refractivity contribution >= 4 is 52.7 Å². The number of benzene rings is 1. The monoisotopic (exact) mass is 497 g/mol. The minimum atomic E-state index is -3.15. The van der Waals surface area contributed by atoms with E-state index in [1.807, 2.05) is 23.4 Å². The van der Waals surface area contributed by atoms with Crippen molar-refractivity contribution < 1.29 is 17.4 Å². The van der Waals surface area contributed by atoms with Gasteiger partial charge in [0.05, 0.1) is 16.0 Å². The number of hydrogen-bond acceptors (Lipinski definition) is 6. The summed E-state index contributed by atoms with van der Waals surface area (Å²) in [4.78, 5) is 4.63. The molecule has 1 atom stereocenters. The zero-order valence-electron chi connectivity index (χ0n) is 18.7. The van der Waals surface area contributed by atoms with E-state index in [2.05, 4.69) is 23.0 Å². The molecule has 3 heterocycles. The van der Waals surface area contributed by atoms with E-state index in [4.69, 9.17) is 4.74 Å². The fraction of sp³-hybridized carbons (Fsp3) is 0.545. The number of thiazole rings is 1. The highest BCUT2D eigenvalue weighted by molar-refractivity contribution is 7.97. The van der Waals surface area contributed by atoms with Crippen LogP contribution in [0.25, 0.3) is 15.8 Å². The SMILES string of the molecule is C=S(C)(=O)N1CCC(Oc2nc3ccc(C4=CCN(S(=O)(=O)CCC)CC4)cc3s2)CC1. The largest absolute Gasteiger partial charge is 0.467 e. The van der Waals surface area contributed by atoms with Gasteiger partial charge in [0.2, 0.25) is 10.0 Å². The zero-order valence-corrected chi connectivity index (χ0v) is 21.1. The molecule has 176 valence electrons. The Labute approximate surface area is 195 Å². The minimum absolute atomic E-state index is 0.0742. The Morgan fingerprint density at radius 2 is 1.94 bits per heavy atom. The Hall–Kier alpha value is -1.46. The molecule has 1 unspecified atom stereocenters. The fourth-order valence-corrected chi connectivity index (χ4v) is 7.53. The Morgan fingerprint density at radius 3 is 2.56 bits per heavy atom. The molecule has 0 amide bonds. The Balaban J connectivity index is 1.42. The van der Waals surface area contributed by atoms with E-state index in [0.29, 0.717) is 31.1 Å². The lowest BCUT2D eigenvalue weighted by Crippen LogP contribution is -2.41. The quantitative estimate of drug-likeness (QED) is 0.549. The Bertz CT molecular complexity index is 1210. The highest BCUT2D eigenvalue weighted by Crippen LogP contribution is 2.33. The molecule has 32 heavy (non-hydrogen) atoms. The second-order valence-electron chi connectivity index (χ2n) is 8.52. The van der Waals surface area contributed by atoms with E-state index in [9.17, 15) is 12.6 Å². The van der Waals surface area contributed by atoms with Crippen LogP contribution in [-0.4, -0.2) is 76.4 Å².